The zero-order chi connectivity index (χ0) is 18.7. The zero-order valence-electron chi connectivity index (χ0n) is 14.6. The van der Waals surface area contributed by atoms with E-state index in [-0.39, 0.29) is 11.2 Å². The topological polar surface area (TPSA) is 72.7 Å². The van der Waals surface area contributed by atoms with Gasteiger partial charge in [0.15, 0.2) is 11.0 Å². The maximum Gasteiger partial charge on any atom is 0.238 e. The van der Waals surface area contributed by atoms with Gasteiger partial charge in [0.1, 0.15) is 5.82 Å². The van der Waals surface area contributed by atoms with Crippen molar-refractivity contribution in [3.63, 3.8) is 0 Å². The largest absolute Gasteiger partial charge is 0.310 e. The maximum atomic E-state index is 12.4. The molecule has 1 aromatic carbocycles. The van der Waals surface area contributed by atoms with Gasteiger partial charge in [0, 0.05) is 18.8 Å². The van der Waals surface area contributed by atoms with E-state index in [0.717, 1.165) is 17.0 Å². The number of nitrogens with one attached hydrogen (secondary N) is 1. The zero-order valence-corrected chi connectivity index (χ0v) is 16.2. The molecule has 0 aliphatic rings. The third-order valence-electron chi connectivity index (χ3n) is 3.74. The maximum absolute atomic E-state index is 12.4. The first kappa shape index (κ1) is 18.4. The van der Waals surface area contributed by atoms with Gasteiger partial charge in [-0.25, -0.2) is 4.98 Å². The fourth-order valence-corrected chi connectivity index (χ4v) is 3.27. The van der Waals surface area contributed by atoms with E-state index in [0.29, 0.717) is 16.0 Å². The molecule has 3 rings (SSSR count). The fraction of sp³-hybridized carbons (Fsp3) is 0.222. The summed E-state index contributed by atoms with van der Waals surface area (Å²) >= 11 is 7.14. The number of rotatable bonds is 5. The van der Waals surface area contributed by atoms with Crippen molar-refractivity contribution in [1.82, 2.24) is 19.7 Å². The Morgan fingerprint density at radius 3 is 2.77 bits per heavy atom. The van der Waals surface area contributed by atoms with E-state index < -0.39 is 0 Å². The van der Waals surface area contributed by atoms with Crippen molar-refractivity contribution in [2.75, 3.05) is 5.32 Å². The van der Waals surface area contributed by atoms with Gasteiger partial charge in [0.05, 0.1) is 10.3 Å². The van der Waals surface area contributed by atoms with E-state index in [2.05, 4.69) is 26.6 Å². The minimum Gasteiger partial charge on any atom is -0.310 e. The van der Waals surface area contributed by atoms with Crippen molar-refractivity contribution in [1.29, 1.82) is 0 Å². The highest BCUT2D eigenvalue weighted by Gasteiger charge is 2.19. The highest BCUT2D eigenvalue weighted by molar-refractivity contribution is 8.00. The quantitative estimate of drug-likeness (QED) is 0.671. The lowest BCUT2D eigenvalue weighted by Crippen LogP contribution is -2.23. The molecular formula is C18H18ClN5OS. The number of amides is 1. The molecule has 0 aliphatic carbocycles. The number of halogens is 1. The summed E-state index contributed by atoms with van der Waals surface area (Å²) in [5, 5.41) is 12.1. The van der Waals surface area contributed by atoms with Gasteiger partial charge in [-0.3, -0.25) is 4.79 Å². The molecule has 3 aromatic rings. The van der Waals surface area contributed by atoms with Gasteiger partial charge in [-0.2, -0.15) is 0 Å². The number of aromatic nitrogens is 4. The van der Waals surface area contributed by atoms with Gasteiger partial charge in [-0.15, -0.1) is 10.2 Å². The first-order valence-electron chi connectivity index (χ1n) is 7.99. The molecule has 134 valence electrons. The molecule has 1 N–H and O–H groups in total. The molecule has 6 nitrogen and oxygen atoms in total. The summed E-state index contributed by atoms with van der Waals surface area (Å²) in [5.74, 6) is 1.07. The van der Waals surface area contributed by atoms with Crippen LogP contribution in [0.2, 0.25) is 5.02 Å². The Labute approximate surface area is 161 Å². The second-order valence-electron chi connectivity index (χ2n) is 5.85. The number of carbonyl (C=O) groups excluding carboxylic acids is 1. The Hall–Kier alpha value is -2.38. The molecule has 0 aliphatic heterocycles. The Morgan fingerprint density at radius 2 is 2.08 bits per heavy atom. The molecule has 0 bridgehead atoms. The van der Waals surface area contributed by atoms with Gasteiger partial charge >= 0.3 is 0 Å². The van der Waals surface area contributed by atoms with Crippen LogP contribution in [-0.2, 0) is 11.8 Å². The standard InChI is InChI=1S/C18H18ClN5OS/c1-11-5-4-6-13(9-11)16-22-23-18(24(16)3)26-12(2)17(25)21-15-8-7-14(19)10-20-15/h4-10,12H,1-3H3,(H,20,21,25). The summed E-state index contributed by atoms with van der Waals surface area (Å²) in [6.07, 6.45) is 1.49. The summed E-state index contributed by atoms with van der Waals surface area (Å²) in [6, 6.07) is 11.4. The number of anilines is 1. The van der Waals surface area contributed by atoms with Crippen LogP contribution in [0, 0.1) is 6.92 Å². The predicted molar refractivity (Wildman–Crippen MR) is 104 cm³/mol. The van der Waals surface area contributed by atoms with Crippen molar-refractivity contribution in [3.8, 4) is 11.4 Å². The molecule has 1 atom stereocenters. The number of thioether (sulfide) groups is 1. The van der Waals surface area contributed by atoms with Crippen LogP contribution in [0.1, 0.15) is 12.5 Å². The normalized spacial score (nSPS) is 12.0. The fourth-order valence-electron chi connectivity index (χ4n) is 2.34. The van der Waals surface area contributed by atoms with Crippen LogP contribution in [0.25, 0.3) is 11.4 Å². The Balaban J connectivity index is 1.70. The molecule has 8 heteroatoms. The van der Waals surface area contributed by atoms with Crippen LogP contribution < -0.4 is 5.32 Å². The monoisotopic (exact) mass is 387 g/mol. The van der Waals surface area contributed by atoms with Crippen molar-refractivity contribution >= 4 is 35.1 Å². The summed E-state index contributed by atoms with van der Waals surface area (Å²) in [5.41, 5.74) is 2.15. The molecule has 0 saturated carbocycles. The van der Waals surface area contributed by atoms with Crippen molar-refractivity contribution < 1.29 is 4.79 Å². The lowest BCUT2D eigenvalue weighted by Gasteiger charge is -2.11. The van der Waals surface area contributed by atoms with Crippen LogP contribution in [0.5, 0.6) is 0 Å². The van der Waals surface area contributed by atoms with Crippen molar-refractivity contribution in [2.45, 2.75) is 24.3 Å². The molecule has 0 radical (unpaired) electrons. The molecular weight excluding hydrogens is 370 g/mol. The Morgan fingerprint density at radius 1 is 1.27 bits per heavy atom. The molecule has 0 saturated heterocycles. The highest BCUT2D eigenvalue weighted by atomic mass is 35.5. The van der Waals surface area contributed by atoms with Gasteiger partial charge in [-0.05, 0) is 32.0 Å². The van der Waals surface area contributed by atoms with Crippen LogP contribution in [0.3, 0.4) is 0 Å². The van der Waals surface area contributed by atoms with E-state index in [1.165, 1.54) is 18.0 Å². The van der Waals surface area contributed by atoms with Crippen LogP contribution >= 0.6 is 23.4 Å². The minimum atomic E-state index is -0.360. The molecule has 0 spiro atoms. The number of aryl methyl sites for hydroxylation is 1. The molecule has 0 fully saturated rings. The predicted octanol–water partition coefficient (Wildman–Crippen LogP) is 3.96. The first-order chi connectivity index (χ1) is 12.4. The average Bonchev–Trinajstić information content (AvgIpc) is 2.97. The van der Waals surface area contributed by atoms with E-state index >= 15 is 0 Å². The molecule has 26 heavy (non-hydrogen) atoms. The van der Waals surface area contributed by atoms with E-state index in [9.17, 15) is 4.79 Å². The molecule has 2 aromatic heterocycles. The third kappa shape index (κ3) is 4.23. The summed E-state index contributed by atoms with van der Waals surface area (Å²) in [4.78, 5) is 16.4. The third-order valence-corrected chi connectivity index (χ3v) is 5.10. The average molecular weight is 388 g/mol. The van der Waals surface area contributed by atoms with Gasteiger partial charge < -0.3 is 9.88 Å². The van der Waals surface area contributed by atoms with Crippen LogP contribution in [-0.4, -0.2) is 30.9 Å². The first-order valence-corrected chi connectivity index (χ1v) is 9.25. The second kappa shape index (κ2) is 7.88. The molecule has 1 amide bonds. The lowest BCUT2D eigenvalue weighted by atomic mass is 10.1. The lowest BCUT2D eigenvalue weighted by molar-refractivity contribution is -0.115. The Bertz CT molecular complexity index is 926. The van der Waals surface area contributed by atoms with Crippen molar-refractivity contribution in [3.05, 3.63) is 53.2 Å². The molecule has 1 unspecified atom stereocenters. The molecule has 2 heterocycles. The number of hydrogen-bond acceptors (Lipinski definition) is 5. The number of hydrogen-bond donors (Lipinski definition) is 1. The summed E-state index contributed by atoms with van der Waals surface area (Å²) in [7, 11) is 1.89. The van der Waals surface area contributed by atoms with E-state index in [1.807, 2.05) is 43.7 Å². The highest BCUT2D eigenvalue weighted by Crippen LogP contribution is 2.26. The van der Waals surface area contributed by atoms with Gasteiger partial charge in [-0.1, -0.05) is 47.1 Å². The smallest absolute Gasteiger partial charge is 0.238 e. The number of benzene rings is 1. The van der Waals surface area contributed by atoms with Gasteiger partial charge in [0.2, 0.25) is 5.91 Å². The Kier molecular flexibility index (Phi) is 5.58. The van der Waals surface area contributed by atoms with Crippen LogP contribution in [0.4, 0.5) is 5.82 Å². The van der Waals surface area contributed by atoms with Crippen molar-refractivity contribution in [2.24, 2.45) is 7.05 Å². The number of pyridine rings is 1. The van der Waals surface area contributed by atoms with Gasteiger partial charge in [0.25, 0.3) is 0 Å². The van der Waals surface area contributed by atoms with Crippen LogP contribution in [0.15, 0.2) is 47.8 Å². The summed E-state index contributed by atoms with van der Waals surface area (Å²) < 4.78 is 1.89. The number of carbonyl (C=O) groups is 1. The van der Waals surface area contributed by atoms with E-state index in [4.69, 9.17) is 11.6 Å². The van der Waals surface area contributed by atoms with E-state index in [1.54, 1.807) is 12.1 Å². The second-order valence-corrected chi connectivity index (χ2v) is 7.59. The minimum absolute atomic E-state index is 0.162. The SMILES string of the molecule is Cc1cccc(-c2nnc(SC(C)C(=O)Nc3ccc(Cl)cn3)n2C)c1. The summed E-state index contributed by atoms with van der Waals surface area (Å²) in [6.45, 7) is 3.85. The number of nitrogens with zero attached hydrogens (tertiary/aromatic N) is 4.